The molecule has 6 nitrogen and oxygen atoms in total. The molecule has 2 unspecified atom stereocenters. The third kappa shape index (κ3) is 9.69. The number of amides is 2. The quantitative estimate of drug-likeness (QED) is 0.395. The Morgan fingerprint density at radius 2 is 1.74 bits per heavy atom. The first-order chi connectivity index (χ1) is 18.4. The normalized spacial score (nSPS) is 16.0. The minimum atomic E-state index is -1.11. The average molecular weight is 544 g/mol. The van der Waals surface area contributed by atoms with Crippen molar-refractivity contribution >= 4 is 11.8 Å². The van der Waals surface area contributed by atoms with Crippen LogP contribution in [0.15, 0.2) is 42.5 Å². The van der Waals surface area contributed by atoms with Crippen LogP contribution >= 0.6 is 0 Å². The summed E-state index contributed by atoms with van der Waals surface area (Å²) < 4.78 is 27.5. The van der Waals surface area contributed by atoms with Crippen molar-refractivity contribution in [3.63, 3.8) is 0 Å². The lowest BCUT2D eigenvalue weighted by atomic mass is 9.86. The van der Waals surface area contributed by atoms with Crippen LogP contribution in [-0.2, 0) is 27.8 Å². The zero-order valence-corrected chi connectivity index (χ0v) is 23.6. The second-order valence-corrected chi connectivity index (χ2v) is 11.7. The van der Waals surface area contributed by atoms with Crippen LogP contribution in [0.25, 0.3) is 0 Å². The fraction of sp³-hybridized carbons (Fsp3) is 0.548. The molecule has 0 radical (unpaired) electrons. The van der Waals surface area contributed by atoms with E-state index < -0.39 is 23.8 Å². The van der Waals surface area contributed by atoms with Crippen LogP contribution in [0.2, 0.25) is 0 Å². The standard InChI is InChI=1S/C31H43F2N3O3/c1-21(37)35-28(18-23-16-25(32)19-26(33)17-23)29(38)20-36(27-11-13-34-14-12-27)30(39)10-6-8-22-7-5-9-24(15-22)31(2,3)4/h5,7,9,15-17,19,27-29,34,38H,6,8,10-14,18,20H2,1-4H3,(H,35,37). The van der Waals surface area contributed by atoms with Gasteiger partial charge in [0.1, 0.15) is 11.6 Å². The number of nitrogens with zero attached hydrogens (tertiary/aromatic N) is 1. The lowest BCUT2D eigenvalue weighted by molar-refractivity contribution is -0.136. The van der Waals surface area contributed by atoms with Crippen LogP contribution in [0, 0.1) is 11.6 Å². The van der Waals surface area contributed by atoms with Gasteiger partial charge in [-0.15, -0.1) is 0 Å². The number of aliphatic hydroxyl groups excluding tert-OH is 1. The molecule has 8 heteroatoms. The summed E-state index contributed by atoms with van der Waals surface area (Å²) in [4.78, 5) is 27.1. The SMILES string of the molecule is CC(=O)NC(Cc1cc(F)cc(F)c1)C(O)CN(C(=O)CCCc1cccc(C(C)(C)C)c1)C1CCNCC1. The lowest BCUT2D eigenvalue weighted by Gasteiger charge is -2.37. The maximum atomic E-state index is 13.8. The second kappa shape index (κ2) is 14.0. The molecule has 3 N–H and O–H groups in total. The van der Waals surface area contributed by atoms with Gasteiger partial charge in [-0.1, -0.05) is 45.0 Å². The Morgan fingerprint density at radius 1 is 1.08 bits per heavy atom. The maximum Gasteiger partial charge on any atom is 0.222 e. The van der Waals surface area contributed by atoms with Gasteiger partial charge in [-0.05, 0) is 79.4 Å². The van der Waals surface area contributed by atoms with Gasteiger partial charge >= 0.3 is 0 Å². The number of nitrogens with one attached hydrogen (secondary N) is 2. The Bertz CT molecular complexity index is 1090. The average Bonchev–Trinajstić information content (AvgIpc) is 2.86. The van der Waals surface area contributed by atoms with E-state index in [1.807, 2.05) is 0 Å². The van der Waals surface area contributed by atoms with Crippen LogP contribution in [0.4, 0.5) is 8.78 Å². The van der Waals surface area contributed by atoms with Gasteiger partial charge in [-0.2, -0.15) is 0 Å². The Kier molecular flexibility index (Phi) is 11.0. The molecule has 1 heterocycles. The molecule has 0 saturated carbocycles. The summed E-state index contributed by atoms with van der Waals surface area (Å²) in [5.41, 5.74) is 2.82. The molecule has 2 aromatic rings. The first-order valence-electron chi connectivity index (χ1n) is 13.9. The number of carbonyl (C=O) groups is 2. The number of piperidine rings is 1. The van der Waals surface area contributed by atoms with Gasteiger partial charge < -0.3 is 20.6 Å². The van der Waals surface area contributed by atoms with Gasteiger partial charge in [-0.25, -0.2) is 8.78 Å². The van der Waals surface area contributed by atoms with E-state index in [-0.39, 0.29) is 36.2 Å². The highest BCUT2D eigenvalue weighted by Gasteiger charge is 2.30. The molecule has 1 aliphatic rings. The molecule has 3 rings (SSSR count). The van der Waals surface area contributed by atoms with Crippen molar-refractivity contribution in [2.75, 3.05) is 19.6 Å². The summed E-state index contributed by atoms with van der Waals surface area (Å²) in [6.07, 6.45) is 2.27. The predicted octanol–water partition coefficient (Wildman–Crippen LogP) is 4.27. The van der Waals surface area contributed by atoms with Crippen molar-refractivity contribution in [2.24, 2.45) is 0 Å². The summed E-state index contributed by atoms with van der Waals surface area (Å²) in [5, 5.41) is 17.2. The number of aliphatic hydroxyl groups is 1. The Hall–Kier alpha value is -2.84. The fourth-order valence-electron chi connectivity index (χ4n) is 5.21. The topological polar surface area (TPSA) is 81.7 Å². The molecule has 1 saturated heterocycles. The number of rotatable bonds is 11. The Labute approximate surface area is 231 Å². The molecule has 2 atom stereocenters. The van der Waals surface area contributed by atoms with Crippen LogP contribution in [0.1, 0.15) is 70.1 Å². The zero-order chi connectivity index (χ0) is 28.6. The molecule has 0 spiro atoms. The largest absolute Gasteiger partial charge is 0.389 e. The van der Waals surface area contributed by atoms with E-state index in [2.05, 4.69) is 55.7 Å². The van der Waals surface area contributed by atoms with Crippen LogP contribution in [-0.4, -0.2) is 59.6 Å². The van der Waals surface area contributed by atoms with E-state index >= 15 is 0 Å². The third-order valence-electron chi connectivity index (χ3n) is 7.33. The number of halogens is 2. The van der Waals surface area contributed by atoms with Crippen molar-refractivity contribution in [1.82, 2.24) is 15.5 Å². The van der Waals surface area contributed by atoms with E-state index in [0.717, 1.165) is 38.4 Å². The first kappa shape index (κ1) is 30.7. The van der Waals surface area contributed by atoms with Crippen LogP contribution < -0.4 is 10.6 Å². The van der Waals surface area contributed by atoms with Crippen molar-refractivity contribution < 1.29 is 23.5 Å². The molecule has 1 aliphatic heterocycles. The third-order valence-corrected chi connectivity index (χ3v) is 7.33. The fourth-order valence-corrected chi connectivity index (χ4v) is 5.21. The molecule has 0 aliphatic carbocycles. The monoisotopic (exact) mass is 543 g/mol. The molecule has 1 fully saturated rings. The number of hydrogen-bond acceptors (Lipinski definition) is 4. The van der Waals surface area contributed by atoms with Crippen LogP contribution in [0.3, 0.4) is 0 Å². The molecule has 0 aromatic heterocycles. The van der Waals surface area contributed by atoms with Gasteiger partial charge in [0.15, 0.2) is 0 Å². The number of aryl methyl sites for hydroxylation is 1. The predicted molar refractivity (Wildman–Crippen MR) is 149 cm³/mol. The van der Waals surface area contributed by atoms with Gasteiger partial charge in [0.05, 0.1) is 12.1 Å². The number of carbonyl (C=O) groups excluding carboxylic acids is 2. The van der Waals surface area contributed by atoms with E-state index in [0.29, 0.717) is 18.4 Å². The lowest BCUT2D eigenvalue weighted by Crippen LogP contribution is -2.54. The van der Waals surface area contributed by atoms with E-state index in [1.54, 1.807) is 4.90 Å². The van der Waals surface area contributed by atoms with Gasteiger partial charge in [-0.3, -0.25) is 9.59 Å². The molecular weight excluding hydrogens is 500 g/mol. The smallest absolute Gasteiger partial charge is 0.222 e. The first-order valence-corrected chi connectivity index (χ1v) is 13.9. The van der Waals surface area contributed by atoms with Gasteiger partial charge in [0.2, 0.25) is 11.8 Å². The molecule has 39 heavy (non-hydrogen) atoms. The minimum Gasteiger partial charge on any atom is -0.389 e. The summed E-state index contributed by atoms with van der Waals surface area (Å²) >= 11 is 0. The van der Waals surface area contributed by atoms with Crippen molar-refractivity contribution in [3.05, 3.63) is 70.8 Å². The highest BCUT2D eigenvalue weighted by molar-refractivity contribution is 5.76. The van der Waals surface area contributed by atoms with Crippen molar-refractivity contribution in [1.29, 1.82) is 0 Å². The van der Waals surface area contributed by atoms with E-state index in [9.17, 15) is 23.5 Å². The summed E-state index contributed by atoms with van der Waals surface area (Å²) in [6, 6.07) is 10.8. The van der Waals surface area contributed by atoms with E-state index in [4.69, 9.17) is 0 Å². The Morgan fingerprint density at radius 3 is 2.36 bits per heavy atom. The molecule has 0 bridgehead atoms. The second-order valence-electron chi connectivity index (χ2n) is 11.7. The molecular formula is C31H43F2N3O3. The van der Waals surface area contributed by atoms with Crippen LogP contribution in [0.5, 0.6) is 0 Å². The summed E-state index contributed by atoms with van der Waals surface area (Å²) in [6.45, 7) is 9.45. The summed E-state index contributed by atoms with van der Waals surface area (Å²) in [5.74, 6) is -1.85. The highest BCUT2D eigenvalue weighted by atomic mass is 19.1. The number of benzene rings is 2. The van der Waals surface area contributed by atoms with Crippen molar-refractivity contribution in [3.8, 4) is 0 Å². The molecule has 2 aromatic carbocycles. The highest BCUT2D eigenvalue weighted by Crippen LogP contribution is 2.24. The molecule has 214 valence electrons. The number of hydrogen-bond donors (Lipinski definition) is 3. The van der Waals surface area contributed by atoms with Crippen molar-refractivity contribution in [2.45, 2.75) is 89.8 Å². The summed E-state index contributed by atoms with van der Waals surface area (Å²) in [7, 11) is 0. The minimum absolute atomic E-state index is 0.0257. The molecule has 2 amide bonds. The van der Waals surface area contributed by atoms with Gasteiger partial charge in [0.25, 0.3) is 0 Å². The zero-order valence-electron chi connectivity index (χ0n) is 23.6. The maximum absolute atomic E-state index is 13.8. The van der Waals surface area contributed by atoms with Gasteiger partial charge in [0, 0.05) is 32.0 Å². The Balaban J connectivity index is 1.70. The van der Waals surface area contributed by atoms with E-state index in [1.165, 1.54) is 30.2 Å².